The number of halogens is 3. The van der Waals surface area contributed by atoms with E-state index in [1.54, 1.807) is 6.07 Å². The largest absolute Gasteiger partial charge is 0.416 e. The van der Waals surface area contributed by atoms with Crippen LogP contribution < -0.4 is 10.2 Å². The van der Waals surface area contributed by atoms with Gasteiger partial charge in [-0.25, -0.2) is 0 Å². The highest BCUT2D eigenvalue weighted by atomic mass is 19.4. The number of anilines is 1. The van der Waals surface area contributed by atoms with Crippen molar-refractivity contribution in [1.29, 1.82) is 0 Å². The average molecular weight is 286 g/mol. The number of alkyl halides is 3. The Kier molecular flexibility index (Phi) is 4.58. The summed E-state index contributed by atoms with van der Waals surface area (Å²) in [5, 5.41) is 3.43. The van der Waals surface area contributed by atoms with E-state index in [1.807, 2.05) is 4.90 Å². The van der Waals surface area contributed by atoms with Crippen LogP contribution in [0.5, 0.6) is 0 Å². The molecule has 0 aromatic heterocycles. The van der Waals surface area contributed by atoms with E-state index in [0.717, 1.165) is 32.1 Å². The number of nitrogens with one attached hydrogen (secondary N) is 1. The SMILES string of the molecule is CC(C)CC1CN(c2cccc(C(F)(F)F)c2)CCN1. The fraction of sp³-hybridized carbons (Fsp3) is 0.600. The van der Waals surface area contributed by atoms with Gasteiger partial charge in [-0.1, -0.05) is 19.9 Å². The van der Waals surface area contributed by atoms with Crippen LogP contribution in [0.2, 0.25) is 0 Å². The fourth-order valence-corrected chi connectivity index (χ4v) is 2.67. The van der Waals surface area contributed by atoms with Gasteiger partial charge in [0.15, 0.2) is 0 Å². The first kappa shape index (κ1) is 15.2. The van der Waals surface area contributed by atoms with Crippen LogP contribution >= 0.6 is 0 Å². The molecule has 0 bridgehead atoms. The highest BCUT2D eigenvalue weighted by Gasteiger charge is 2.31. The zero-order chi connectivity index (χ0) is 14.8. The second-order valence-electron chi connectivity index (χ2n) is 5.77. The summed E-state index contributed by atoms with van der Waals surface area (Å²) < 4.78 is 38.3. The lowest BCUT2D eigenvalue weighted by Gasteiger charge is -2.36. The maximum Gasteiger partial charge on any atom is 0.416 e. The third kappa shape index (κ3) is 3.88. The summed E-state index contributed by atoms with van der Waals surface area (Å²) in [7, 11) is 0. The molecule has 1 unspecified atom stereocenters. The zero-order valence-corrected chi connectivity index (χ0v) is 11.9. The molecule has 2 rings (SSSR count). The number of hydrogen-bond donors (Lipinski definition) is 1. The Bertz CT molecular complexity index is 443. The van der Waals surface area contributed by atoms with Crippen molar-refractivity contribution in [3.63, 3.8) is 0 Å². The molecular formula is C15H21F3N2. The van der Waals surface area contributed by atoms with Crippen LogP contribution in [0, 0.1) is 5.92 Å². The molecule has 1 N–H and O–H groups in total. The molecule has 1 aromatic rings. The lowest BCUT2D eigenvalue weighted by molar-refractivity contribution is -0.137. The normalized spacial score (nSPS) is 20.5. The Hall–Kier alpha value is -1.23. The molecule has 0 saturated carbocycles. The van der Waals surface area contributed by atoms with E-state index in [1.165, 1.54) is 12.1 Å². The molecule has 0 aliphatic carbocycles. The number of benzene rings is 1. The molecule has 20 heavy (non-hydrogen) atoms. The van der Waals surface area contributed by atoms with Crippen molar-refractivity contribution in [1.82, 2.24) is 5.32 Å². The summed E-state index contributed by atoms with van der Waals surface area (Å²) in [6.45, 7) is 6.64. The highest BCUT2D eigenvalue weighted by molar-refractivity contribution is 5.50. The van der Waals surface area contributed by atoms with Gasteiger partial charge in [0.25, 0.3) is 0 Å². The molecule has 1 aliphatic rings. The minimum atomic E-state index is -4.28. The molecule has 0 radical (unpaired) electrons. The lowest BCUT2D eigenvalue weighted by atomic mass is 10.0. The van der Waals surface area contributed by atoms with Gasteiger partial charge in [-0.2, -0.15) is 13.2 Å². The van der Waals surface area contributed by atoms with Gasteiger partial charge in [-0.05, 0) is 30.5 Å². The van der Waals surface area contributed by atoms with Gasteiger partial charge in [0.1, 0.15) is 0 Å². The van der Waals surface area contributed by atoms with Gasteiger partial charge >= 0.3 is 6.18 Å². The number of nitrogens with zero attached hydrogens (tertiary/aromatic N) is 1. The van der Waals surface area contributed by atoms with Crippen molar-refractivity contribution in [2.75, 3.05) is 24.5 Å². The summed E-state index contributed by atoms with van der Waals surface area (Å²) >= 11 is 0. The molecule has 1 aliphatic heterocycles. The van der Waals surface area contributed by atoms with E-state index >= 15 is 0 Å². The molecule has 0 amide bonds. The Morgan fingerprint density at radius 2 is 2.10 bits per heavy atom. The first-order valence-electron chi connectivity index (χ1n) is 7.02. The van der Waals surface area contributed by atoms with Crippen molar-refractivity contribution in [2.45, 2.75) is 32.5 Å². The van der Waals surface area contributed by atoms with E-state index in [-0.39, 0.29) is 0 Å². The van der Waals surface area contributed by atoms with E-state index in [2.05, 4.69) is 19.2 Å². The molecule has 1 atom stereocenters. The molecule has 1 heterocycles. The van der Waals surface area contributed by atoms with Gasteiger partial charge in [0.05, 0.1) is 5.56 Å². The Morgan fingerprint density at radius 1 is 1.35 bits per heavy atom. The quantitative estimate of drug-likeness (QED) is 0.914. The van der Waals surface area contributed by atoms with E-state index in [4.69, 9.17) is 0 Å². The van der Waals surface area contributed by atoms with Crippen molar-refractivity contribution in [2.24, 2.45) is 5.92 Å². The summed E-state index contributed by atoms with van der Waals surface area (Å²) in [6.07, 6.45) is -3.24. The van der Waals surface area contributed by atoms with Crippen LogP contribution in [0.4, 0.5) is 18.9 Å². The van der Waals surface area contributed by atoms with Crippen molar-refractivity contribution in [3.8, 4) is 0 Å². The number of piperazine rings is 1. The van der Waals surface area contributed by atoms with Crippen LogP contribution in [0.3, 0.4) is 0 Å². The van der Waals surface area contributed by atoms with E-state index in [0.29, 0.717) is 17.6 Å². The summed E-state index contributed by atoms with van der Waals surface area (Å²) in [4.78, 5) is 2.04. The third-order valence-electron chi connectivity index (χ3n) is 3.55. The van der Waals surface area contributed by atoms with Crippen molar-refractivity contribution < 1.29 is 13.2 Å². The molecule has 1 aromatic carbocycles. The minimum Gasteiger partial charge on any atom is -0.369 e. The summed E-state index contributed by atoms with van der Waals surface area (Å²) in [5.74, 6) is 0.578. The minimum absolute atomic E-state index is 0.346. The standard InChI is InChI=1S/C15H21F3N2/c1-11(2)8-13-10-20(7-6-19-13)14-5-3-4-12(9-14)15(16,17)18/h3-5,9,11,13,19H,6-8,10H2,1-2H3. The van der Waals surface area contributed by atoms with Crippen LogP contribution in [0.25, 0.3) is 0 Å². The summed E-state index contributed by atoms with van der Waals surface area (Å²) in [6, 6.07) is 5.96. The first-order valence-corrected chi connectivity index (χ1v) is 7.02. The summed E-state index contributed by atoms with van der Waals surface area (Å²) in [5.41, 5.74) is 0.0871. The predicted molar refractivity (Wildman–Crippen MR) is 74.9 cm³/mol. The van der Waals surface area contributed by atoms with Gasteiger partial charge in [0.2, 0.25) is 0 Å². The van der Waals surface area contributed by atoms with Crippen molar-refractivity contribution in [3.05, 3.63) is 29.8 Å². The number of hydrogen-bond acceptors (Lipinski definition) is 2. The maximum absolute atomic E-state index is 12.8. The average Bonchev–Trinajstić information content (AvgIpc) is 2.37. The third-order valence-corrected chi connectivity index (χ3v) is 3.55. The van der Waals surface area contributed by atoms with Gasteiger partial charge < -0.3 is 10.2 Å². The van der Waals surface area contributed by atoms with Crippen LogP contribution in [-0.4, -0.2) is 25.7 Å². The van der Waals surface area contributed by atoms with Gasteiger partial charge in [0, 0.05) is 31.4 Å². The van der Waals surface area contributed by atoms with E-state index in [9.17, 15) is 13.2 Å². The molecule has 2 nitrogen and oxygen atoms in total. The number of rotatable bonds is 3. The molecular weight excluding hydrogens is 265 g/mol. The topological polar surface area (TPSA) is 15.3 Å². The Balaban J connectivity index is 2.11. The van der Waals surface area contributed by atoms with Crippen LogP contribution in [0.1, 0.15) is 25.8 Å². The molecule has 1 saturated heterocycles. The second-order valence-corrected chi connectivity index (χ2v) is 5.77. The molecule has 0 spiro atoms. The monoisotopic (exact) mass is 286 g/mol. The Morgan fingerprint density at radius 3 is 2.75 bits per heavy atom. The van der Waals surface area contributed by atoms with Gasteiger partial charge in [-0.15, -0.1) is 0 Å². The molecule has 5 heteroatoms. The predicted octanol–water partition coefficient (Wildman–Crippen LogP) is 3.53. The maximum atomic E-state index is 12.8. The molecule has 112 valence electrons. The zero-order valence-electron chi connectivity index (χ0n) is 11.9. The van der Waals surface area contributed by atoms with Gasteiger partial charge in [-0.3, -0.25) is 0 Å². The fourth-order valence-electron chi connectivity index (χ4n) is 2.67. The smallest absolute Gasteiger partial charge is 0.369 e. The Labute approximate surface area is 118 Å². The van der Waals surface area contributed by atoms with Crippen LogP contribution in [0.15, 0.2) is 24.3 Å². The highest BCUT2D eigenvalue weighted by Crippen LogP contribution is 2.32. The van der Waals surface area contributed by atoms with E-state index < -0.39 is 11.7 Å². The van der Waals surface area contributed by atoms with Crippen molar-refractivity contribution >= 4 is 5.69 Å². The first-order chi connectivity index (χ1) is 9.36. The second kappa shape index (κ2) is 6.04. The lowest BCUT2D eigenvalue weighted by Crippen LogP contribution is -2.51. The van der Waals surface area contributed by atoms with Crippen LogP contribution in [-0.2, 0) is 6.18 Å². The molecule has 1 fully saturated rings.